The summed E-state index contributed by atoms with van der Waals surface area (Å²) in [5.74, 6) is 0.664. The summed E-state index contributed by atoms with van der Waals surface area (Å²) in [5.41, 5.74) is 0. The molecule has 0 aliphatic heterocycles. The second-order valence-electron chi connectivity index (χ2n) is 3.23. The van der Waals surface area contributed by atoms with Gasteiger partial charge in [0.05, 0.1) is 0 Å². The number of rotatable bonds is 6. The molecule has 0 aromatic carbocycles. The lowest BCUT2D eigenvalue weighted by Crippen LogP contribution is -2.42. The van der Waals surface area contributed by atoms with Gasteiger partial charge < -0.3 is 13.3 Å². The molecular weight excluding hydrogens is 172 g/mol. The van der Waals surface area contributed by atoms with Crippen molar-refractivity contribution >= 4 is 8.80 Å². The van der Waals surface area contributed by atoms with E-state index in [1.807, 2.05) is 0 Å². The Labute approximate surface area is 76.4 Å². The summed E-state index contributed by atoms with van der Waals surface area (Å²) in [5, 5.41) is 0. The van der Waals surface area contributed by atoms with Crippen LogP contribution in [-0.2, 0) is 13.3 Å². The average molecular weight is 192 g/mol. The molecule has 0 atom stereocenters. The first-order valence-corrected chi connectivity index (χ1v) is 6.19. The molecule has 0 aromatic rings. The van der Waals surface area contributed by atoms with Crippen molar-refractivity contribution in [2.45, 2.75) is 26.3 Å². The molecule has 0 saturated carbocycles. The molecule has 0 heterocycles. The average Bonchev–Trinajstić information content (AvgIpc) is 2.08. The molecule has 12 heavy (non-hydrogen) atoms. The zero-order valence-corrected chi connectivity index (χ0v) is 9.72. The van der Waals surface area contributed by atoms with E-state index in [2.05, 4.69) is 13.8 Å². The van der Waals surface area contributed by atoms with Crippen LogP contribution < -0.4 is 0 Å². The van der Waals surface area contributed by atoms with Crippen LogP contribution in [0.5, 0.6) is 0 Å². The lowest BCUT2D eigenvalue weighted by molar-refractivity contribution is 0.121. The van der Waals surface area contributed by atoms with Gasteiger partial charge >= 0.3 is 8.80 Å². The van der Waals surface area contributed by atoms with Crippen molar-refractivity contribution in [1.82, 2.24) is 0 Å². The van der Waals surface area contributed by atoms with E-state index < -0.39 is 8.80 Å². The van der Waals surface area contributed by atoms with Crippen molar-refractivity contribution in [3.05, 3.63) is 0 Å². The van der Waals surface area contributed by atoms with Crippen LogP contribution in [0, 0.1) is 5.92 Å². The summed E-state index contributed by atoms with van der Waals surface area (Å²) >= 11 is 0. The maximum atomic E-state index is 5.28. The van der Waals surface area contributed by atoms with Crippen molar-refractivity contribution in [3.8, 4) is 0 Å². The van der Waals surface area contributed by atoms with Crippen molar-refractivity contribution in [1.29, 1.82) is 0 Å². The first-order chi connectivity index (χ1) is 5.60. The Kier molecular flexibility index (Phi) is 5.74. The quantitative estimate of drug-likeness (QED) is 0.602. The van der Waals surface area contributed by atoms with E-state index in [0.717, 1.165) is 12.5 Å². The van der Waals surface area contributed by atoms with Gasteiger partial charge in [-0.3, -0.25) is 0 Å². The van der Waals surface area contributed by atoms with Crippen LogP contribution >= 0.6 is 0 Å². The van der Waals surface area contributed by atoms with Crippen LogP contribution in [0.25, 0.3) is 0 Å². The molecule has 0 saturated heterocycles. The molecule has 0 rings (SSSR count). The Morgan fingerprint density at radius 3 is 1.67 bits per heavy atom. The molecule has 0 amide bonds. The molecule has 3 nitrogen and oxygen atoms in total. The first-order valence-electron chi connectivity index (χ1n) is 4.25. The third-order valence-electron chi connectivity index (χ3n) is 1.96. The Hall–Kier alpha value is 0.0969. The second kappa shape index (κ2) is 5.69. The molecule has 0 spiro atoms. The van der Waals surface area contributed by atoms with Gasteiger partial charge in [0.2, 0.25) is 0 Å². The predicted octanol–water partition coefficient (Wildman–Crippen LogP) is 1.91. The number of hydrogen-bond donors (Lipinski definition) is 0. The van der Waals surface area contributed by atoms with E-state index in [1.165, 1.54) is 0 Å². The van der Waals surface area contributed by atoms with Crippen molar-refractivity contribution < 1.29 is 13.3 Å². The van der Waals surface area contributed by atoms with Gasteiger partial charge in [-0.2, -0.15) is 0 Å². The zero-order valence-electron chi connectivity index (χ0n) is 8.72. The van der Waals surface area contributed by atoms with Gasteiger partial charge in [0.25, 0.3) is 0 Å². The minimum absolute atomic E-state index is 0.664. The van der Waals surface area contributed by atoms with Gasteiger partial charge in [-0.15, -0.1) is 0 Å². The lowest BCUT2D eigenvalue weighted by Gasteiger charge is -2.24. The highest BCUT2D eigenvalue weighted by Crippen LogP contribution is 2.18. The third kappa shape index (κ3) is 3.67. The second-order valence-corrected chi connectivity index (χ2v) is 6.32. The largest absolute Gasteiger partial charge is 0.500 e. The fourth-order valence-corrected chi connectivity index (χ4v) is 3.06. The standard InChI is InChI=1S/C8H20O3Si/c1-8(2)6-7-12(9-3,10-4)11-5/h8H,6-7H2,1-5H3. The summed E-state index contributed by atoms with van der Waals surface area (Å²) in [4.78, 5) is 0. The molecule has 4 heteroatoms. The maximum Gasteiger partial charge on any atom is 0.500 e. The topological polar surface area (TPSA) is 27.7 Å². The zero-order chi connectivity index (χ0) is 9.61. The monoisotopic (exact) mass is 192 g/mol. The SMILES string of the molecule is CO[Si](CCC(C)C)(OC)OC. The van der Waals surface area contributed by atoms with Crippen molar-refractivity contribution in [2.75, 3.05) is 21.3 Å². The van der Waals surface area contributed by atoms with Crippen LogP contribution in [0.4, 0.5) is 0 Å². The Balaban J connectivity index is 3.93. The summed E-state index contributed by atoms with van der Waals surface area (Å²) < 4.78 is 15.8. The summed E-state index contributed by atoms with van der Waals surface area (Å²) in [6.45, 7) is 4.36. The molecule has 0 bridgehead atoms. The van der Waals surface area contributed by atoms with Gasteiger partial charge in [0.1, 0.15) is 0 Å². The van der Waals surface area contributed by atoms with Gasteiger partial charge in [0.15, 0.2) is 0 Å². The van der Waals surface area contributed by atoms with Gasteiger partial charge in [-0.1, -0.05) is 13.8 Å². The fraction of sp³-hybridized carbons (Fsp3) is 1.00. The highest BCUT2D eigenvalue weighted by atomic mass is 28.4. The third-order valence-corrected chi connectivity index (χ3v) is 4.73. The lowest BCUT2D eigenvalue weighted by atomic mass is 10.2. The normalized spacial score (nSPS) is 12.5. The van der Waals surface area contributed by atoms with Gasteiger partial charge in [0, 0.05) is 27.4 Å². The fourth-order valence-electron chi connectivity index (χ4n) is 1.02. The smallest absolute Gasteiger partial charge is 0.377 e. The summed E-state index contributed by atoms with van der Waals surface area (Å²) in [7, 11) is 2.68. The molecule has 0 N–H and O–H groups in total. The van der Waals surface area contributed by atoms with Crippen LogP contribution in [0.2, 0.25) is 6.04 Å². The van der Waals surface area contributed by atoms with E-state index in [-0.39, 0.29) is 0 Å². The van der Waals surface area contributed by atoms with E-state index in [9.17, 15) is 0 Å². The highest BCUT2D eigenvalue weighted by Gasteiger charge is 2.37. The van der Waals surface area contributed by atoms with E-state index in [4.69, 9.17) is 13.3 Å². The molecule has 0 fully saturated rings. The molecule has 0 aliphatic carbocycles. The minimum atomic E-state index is -2.28. The van der Waals surface area contributed by atoms with Crippen molar-refractivity contribution in [2.24, 2.45) is 5.92 Å². The van der Waals surface area contributed by atoms with Crippen LogP contribution in [0.15, 0.2) is 0 Å². The minimum Gasteiger partial charge on any atom is -0.377 e. The Morgan fingerprint density at radius 1 is 1.00 bits per heavy atom. The van der Waals surface area contributed by atoms with E-state index >= 15 is 0 Å². The predicted molar refractivity (Wildman–Crippen MR) is 51.0 cm³/mol. The molecule has 0 aromatic heterocycles. The highest BCUT2D eigenvalue weighted by molar-refractivity contribution is 6.60. The first kappa shape index (κ1) is 12.1. The molecule has 0 aliphatic rings. The molecule has 0 radical (unpaired) electrons. The molecule has 0 unspecified atom stereocenters. The van der Waals surface area contributed by atoms with Crippen molar-refractivity contribution in [3.63, 3.8) is 0 Å². The van der Waals surface area contributed by atoms with Gasteiger partial charge in [-0.25, -0.2) is 0 Å². The Bertz CT molecular complexity index is 105. The van der Waals surface area contributed by atoms with Crippen LogP contribution in [0.3, 0.4) is 0 Å². The van der Waals surface area contributed by atoms with E-state index in [1.54, 1.807) is 21.3 Å². The Morgan fingerprint density at radius 2 is 1.42 bits per heavy atom. The van der Waals surface area contributed by atoms with E-state index in [0.29, 0.717) is 5.92 Å². The van der Waals surface area contributed by atoms with Crippen LogP contribution in [-0.4, -0.2) is 30.1 Å². The maximum absolute atomic E-state index is 5.28. The molecular formula is C8H20O3Si. The summed E-state index contributed by atoms with van der Waals surface area (Å²) in [6.07, 6.45) is 1.09. The molecule has 74 valence electrons. The summed E-state index contributed by atoms with van der Waals surface area (Å²) in [6, 6.07) is 0.897. The van der Waals surface area contributed by atoms with Gasteiger partial charge in [-0.05, 0) is 12.3 Å². The number of hydrogen-bond acceptors (Lipinski definition) is 3. The van der Waals surface area contributed by atoms with Crippen LogP contribution in [0.1, 0.15) is 20.3 Å².